The molecule has 1 aromatic rings. The van der Waals surface area contributed by atoms with Crippen LogP contribution >= 0.6 is 0 Å². The van der Waals surface area contributed by atoms with Gasteiger partial charge in [0.2, 0.25) is 0 Å². The van der Waals surface area contributed by atoms with E-state index in [-0.39, 0.29) is 17.1 Å². The lowest BCUT2D eigenvalue weighted by Gasteiger charge is -2.50. The van der Waals surface area contributed by atoms with Crippen LogP contribution in [-0.2, 0) is 9.47 Å². The number of ether oxygens (including phenoxy) is 2. The molecule has 1 saturated carbocycles. The van der Waals surface area contributed by atoms with Crippen LogP contribution in [0.25, 0.3) is 0 Å². The van der Waals surface area contributed by atoms with Crippen LogP contribution in [0.3, 0.4) is 0 Å². The molecule has 2 heterocycles. The lowest BCUT2D eigenvalue weighted by atomic mass is 9.78. The summed E-state index contributed by atoms with van der Waals surface area (Å²) in [5.74, 6) is -1.02. The fourth-order valence-electron chi connectivity index (χ4n) is 4.09. The number of likely N-dealkylation sites (tertiary alicyclic amines) is 1. The predicted octanol–water partition coefficient (Wildman–Crippen LogP) is 3.32. The molecular weight excluding hydrogens is 340 g/mol. The summed E-state index contributed by atoms with van der Waals surface area (Å²) in [5.41, 5.74) is 0.388. The highest BCUT2D eigenvalue weighted by Crippen LogP contribution is 2.42. The molecule has 1 spiro atoms. The average molecular weight is 365 g/mol. The van der Waals surface area contributed by atoms with Crippen LogP contribution in [-0.4, -0.2) is 49.3 Å². The summed E-state index contributed by atoms with van der Waals surface area (Å²) in [4.78, 5) is 14.3. The second kappa shape index (κ2) is 6.89. The molecule has 3 fully saturated rings. The highest BCUT2D eigenvalue weighted by atomic mass is 19.2. The Kier molecular flexibility index (Phi) is 4.73. The molecule has 0 N–H and O–H groups in total. The van der Waals surface area contributed by atoms with Crippen LogP contribution < -0.4 is 0 Å². The number of carbonyl (C=O) groups is 1. The van der Waals surface area contributed by atoms with E-state index in [0.717, 1.165) is 44.1 Å². The van der Waals surface area contributed by atoms with E-state index in [1.165, 1.54) is 12.8 Å². The molecule has 6 heteroatoms. The predicted molar refractivity (Wildman–Crippen MR) is 91.9 cm³/mol. The summed E-state index contributed by atoms with van der Waals surface area (Å²) in [6.45, 7) is 4.95. The van der Waals surface area contributed by atoms with Gasteiger partial charge in [-0.05, 0) is 62.1 Å². The first-order chi connectivity index (χ1) is 12.5. The highest BCUT2D eigenvalue weighted by molar-refractivity contribution is 5.96. The molecule has 0 aromatic heterocycles. The van der Waals surface area contributed by atoms with Gasteiger partial charge < -0.3 is 14.4 Å². The average Bonchev–Trinajstić information content (AvgIpc) is 3.30. The molecule has 2 saturated heterocycles. The summed E-state index contributed by atoms with van der Waals surface area (Å²) < 4.78 is 38.5. The first kappa shape index (κ1) is 17.9. The zero-order valence-corrected chi connectivity index (χ0v) is 15.1. The molecule has 2 aliphatic heterocycles. The first-order valence-corrected chi connectivity index (χ1v) is 9.45. The van der Waals surface area contributed by atoms with E-state index in [1.807, 2.05) is 0 Å². The van der Waals surface area contributed by atoms with E-state index in [9.17, 15) is 13.6 Å². The number of nitrogens with zero attached hydrogens (tertiary/aromatic N) is 1. The summed E-state index contributed by atoms with van der Waals surface area (Å²) in [6, 6.07) is 2.07. The Morgan fingerprint density at radius 3 is 2.73 bits per heavy atom. The van der Waals surface area contributed by atoms with E-state index in [2.05, 4.69) is 0 Å². The van der Waals surface area contributed by atoms with Crippen molar-refractivity contribution < 1.29 is 23.0 Å². The smallest absolute Gasteiger partial charge is 0.254 e. The molecule has 1 amide bonds. The summed E-state index contributed by atoms with van der Waals surface area (Å²) in [7, 11) is 0. The minimum atomic E-state index is -0.989. The maximum absolute atomic E-state index is 13.5. The molecular formula is C20H25F2NO3. The topological polar surface area (TPSA) is 38.8 Å². The normalized spacial score (nSPS) is 24.1. The Bertz CT molecular complexity index is 699. The van der Waals surface area contributed by atoms with E-state index >= 15 is 0 Å². The third-order valence-corrected chi connectivity index (χ3v) is 5.96. The molecule has 26 heavy (non-hydrogen) atoms. The summed E-state index contributed by atoms with van der Waals surface area (Å²) in [6.07, 6.45) is 4.51. The first-order valence-electron chi connectivity index (χ1n) is 9.45. The van der Waals surface area contributed by atoms with Crippen LogP contribution in [0.5, 0.6) is 0 Å². The van der Waals surface area contributed by atoms with Crippen LogP contribution in [0.15, 0.2) is 12.1 Å². The van der Waals surface area contributed by atoms with Gasteiger partial charge >= 0.3 is 0 Å². The number of rotatable bonds is 6. The van der Waals surface area contributed by atoms with Crippen molar-refractivity contribution in [2.75, 3.05) is 32.9 Å². The third-order valence-electron chi connectivity index (χ3n) is 5.96. The van der Waals surface area contributed by atoms with Crippen molar-refractivity contribution in [2.45, 2.75) is 38.2 Å². The van der Waals surface area contributed by atoms with Gasteiger partial charge in [-0.25, -0.2) is 8.78 Å². The molecule has 1 unspecified atom stereocenters. The largest absolute Gasteiger partial charge is 0.381 e. The van der Waals surface area contributed by atoms with Gasteiger partial charge in [0.1, 0.15) is 5.60 Å². The highest BCUT2D eigenvalue weighted by Gasteiger charge is 2.54. The quantitative estimate of drug-likeness (QED) is 0.726. The van der Waals surface area contributed by atoms with Crippen molar-refractivity contribution in [3.8, 4) is 0 Å². The maximum atomic E-state index is 13.5. The van der Waals surface area contributed by atoms with E-state index in [4.69, 9.17) is 9.47 Å². The number of carbonyl (C=O) groups excluding carboxylic acids is 1. The molecule has 142 valence electrons. The van der Waals surface area contributed by atoms with Gasteiger partial charge in [-0.15, -0.1) is 0 Å². The van der Waals surface area contributed by atoms with E-state index in [1.54, 1.807) is 11.8 Å². The van der Waals surface area contributed by atoms with Gasteiger partial charge in [-0.1, -0.05) is 0 Å². The third kappa shape index (κ3) is 3.37. The van der Waals surface area contributed by atoms with Gasteiger partial charge in [0.15, 0.2) is 11.6 Å². The van der Waals surface area contributed by atoms with Gasteiger partial charge in [-0.3, -0.25) is 4.79 Å². The fraction of sp³-hybridized carbons (Fsp3) is 0.650. The number of benzene rings is 1. The van der Waals surface area contributed by atoms with Crippen molar-refractivity contribution in [1.82, 2.24) is 4.90 Å². The van der Waals surface area contributed by atoms with Crippen molar-refractivity contribution >= 4 is 5.91 Å². The number of amides is 1. The van der Waals surface area contributed by atoms with Crippen LogP contribution in [0.4, 0.5) is 8.78 Å². The second-order valence-electron chi connectivity index (χ2n) is 7.95. The molecule has 0 bridgehead atoms. The minimum absolute atomic E-state index is 0.223. The van der Waals surface area contributed by atoms with Gasteiger partial charge in [-0.2, -0.15) is 0 Å². The minimum Gasteiger partial charge on any atom is -0.381 e. The summed E-state index contributed by atoms with van der Waals surface area (Å²) in [5, 5.41) is 0. The Balaban J connectivity index is 1.34. The van der Waals surface area contributed by atoms with Gasteiger partial charge in [0, 0.05) is 25.4 Å². The second-order valence-corrected chi connectivity index (χ2v) is 7.95. The van der Waals surface area contributed by atoms with Crippen molar-refractivity contribution in [2.24, 2.45) is 11.8 Å². The molecule has 1 atom stereocenters. The number of halogens is 2. The molecule has 4 rings (SSSR count). The Morgan fingerprint density at radius 1 is 1.27 bits per heavy atom. The number of hydrogen-bond acceptors (Lipinski definition) is 3. The molecule has 0 radical (unpaired) electrons. The Labute approximate surface area is 152 Å². The van der Waals surface area contributed by atoms with E-state index in [0.29, 0.717) is 31.2 Å². The SMILES string of the molecule is Cc1cc(F)c(F)cc1C(=O)N1CC2(C1)OCCC2CCOCC1CC1. The zero-order valence-electron chi connectivity index (χ0n) is 15.1. The lowest BCUT2D eigenvalue weighted by molar-refractivity contribution is -0.120. The van der Waals surface area contributed by atoms with E-state index < -0.39 is 11.6 Å². The number of hydrogen-bond donors (Lipinski definition) is 0. The number of aryl methyl sites for hydroxylation is 1. The monoisotopic (exact) mass is 365 g/mol. The summed E-state index contributed by atoms with van der Waals surface area (Å²) >= 11 is 0. The van der Waals surface area contributed by atoms with Crippen molar-refractivity contribution in [1.29, 1.82) is 0 Å². The van der Waals surface area contributed by atoms with Crippen LogP contribution in [0, 0.1) is 30.4 Å². The molecule has 1 aliphatic carbocycles. The van der Waals surface area contributed by atoms with Gasteiger partial charge in [0.25, 0.3) is 5.91 Å². The molecule has 4 nitrogen and oxygen atoms in total. The van der Waals surface area contributed by atoms with Crippen molar-refractivity contribution in [3.63, 3.8) is 0 Å². The lowest BCUT2D eigenvalue weighted by Crippen LogP contribution is -2.66. The fourth-order valence-corrected chi connectivity index (χ4v) is 4.09. The molecule has 1 aromatic carbocycles. The van der Waals surface area contributed by atoms with Crippen LogP contribution in [0.2, 0.25) is 0 Å². The van der Waals surface area contributed by atoms with Crippen molar-refractivity contribution in [3.05, 3.63) is 34.9 Å². The Hall–Kier alpha value is -1.53. The van der Waals surface area contributed by atoms with Crippen LogP contribution in [0.1, 0.15) is 41.6 Å². The standard InChI is InChI=1S/C20H25F2NO3/c1-13-8-17(21)18(22)9-16(13)19(24)23-11-20(12-23)15(5-7-26-20)4-6-25-10-14-2-3-14/h8-9,14-15H,2-7,10-12H2,1H3. The molecule has 3 aliphatic rings. The zero-order chi connectivity index (χ0) is 18.3. The van der Waals surface area contributed by atoms with Gasteiger partial charge in [0.05, 0.1) is 13.1 Å². The maximum Gasteiger partial charge on any atom is 0.254 e. The Morgan fingerprint density at radius 2 is 2.00 bits per heavy atom.